The quantitative estimate of drug-likeness (QED) is 0.435. The summed E-state index contributed by atoms with van der Waals surface area (Å²) in [4.78, 5) is 16.5. The number of rotatable bonds is 7. The third-order valence-electron chi connectivity index (χ3n) is 4.33. The summed E-state index contributed by atoms with van der Waals surface area (Å²) in [6, 6.07) is 0. The summed E-state index contributed by atoms with van der Waals surface area (Å²) in [6.07, 6.45) is 6.08. The van der Waals surface area contributed by atoms with Crippen molar-refractivity contribution in [2.24, 2.45) is 4.99 Å². The number of guanidine groups is 1. The zero-order valence-corrected chi connectivity index (χ0v) is 16.1. The van der Waals surface area contributed by atoms with Gasteiger partial charge >= 0.3 is 5.69 Å². The molecule has 136 valence electrons. The summed E-state index contributed by atoms with van der Waals surface area (Å²) in [5.41, 5.74) is 0.0360. The molecule has 1 aliphatic heterocycles. The van der Waals surface area contributed by atoms with Gasteiger partial charge in [-0.15, -0.1) is 0 Å². The van der Waals surface area contributed by atoms with Crippen LogP contribution in [0.15, 0.2) is 9.79 Å². The molecule has 1 aromatic rings. The predicted octanol–water partition coefficient (Wildman–Crippen LogP) is 1.08. The van der Waals surface area contributed by atoms with Crippen LogP contribution in [-0.2, 0) is 19.5 Å². The lowest BCUT2D eigenvalue weighted by atomic mass is 10.2. The lowest BCUT2D eigenvalue weighted by molar-refractivity contribution is 0.509. The molecule has 2 N–H and O–H groups in total. The number of thioether (sulfide) groups is 1. The summed E-state index contributed by atoms with van der Waals surface area (Å²) >= 11 is 1.83. The van der Waals surface area contributed by atoms with E-state index in [2.05, 4.69) is 40.8 Å². The van der Waals surface area contributed by atoms with Crippen LogP contribution in [0.25, 0.3) is 0 Å². The Kier molecular flexibility index (Phi) is 6.77. The van der Waals surface area contributed by atoms with Crippen LogP contribution >= 0.6 is 11.8 Å². The SMILES string of the molecule is CN=C(NCCCn1nc2n(c1=O)CCCC2)NCC(C)(C)SC. The van der Waals surface area contributed by atoms with Crippen molar-refractivity contribution in [1.82, 2.24) is 25.0 Å². The second-order valence-corrected chi connectivity index (χ2v) is 8.21. The molecule has 1 aromatic heterocycles. The molecule has 24 heavy (non-hydrogen) atoms. The van der Waals surface area contributed by atoms with E-state index in [0.29, 0.717) is 6.54 Å². The summed E-state index contributed by atoms with van der Waals surface area (Å²) in [5.74, 6) is 1.74. The molecule has 0 spiro atoms. The van der Waals surface area contributed by atoms with Crippen molar-refractivity contribution in [1.29, 1.82) is 0 Å². The van der Waals surface area contributed by atoms with Crippen LogP contribution in [0.5, 0.6) is 0 Å². The third kappa shape index (κ3) is 5.03. The first-order valence-electron chi connectivity index (χ1n) is 8.63. The van der Waals surface area contributed by atoms with Crippen molar-refractivity contribution in [2.45, 2.75) is 57.4 Å². The standard InChI is InChI=1S/C16H30N6OS/c1-16(2,24-4)12-19-14(17-3)18-9-7-11-22-15(23)21-10-6-5-8-13(21)20-22/h5-12H2,1-4H3,(H2,17,18,19). The van der Waals surface area contributed by atoms with Gasteiger partial charge in [-0.25, -0.2) is 9.48 Å². The molecule has 0 amide bonds. The van der Waals surface area contributed by atoms with E-state index in [1.54, 1.807) is 11.7 Å². The number of nitrogens with one attached hydrogen (secondary N) is 2. The molecule has 0 atom stereocenters. The minimum atomic E-state index is 0.0360. The molecule has 0 unspecified atom stereocenters. The minimum absolute atomic E-state index is 0.0360. The number of aromatic nitrogens is 3. The van der Waals surface area contributed by atoms with Crippen LogP contribution in [-0.4, -0.2) is 51.4 Å². The van der Waals surface area contributed by atoms with E-state index >= 15 is 0 Å². The van der Waals surface area contributed by atoms with Gasteiger partial charge in [0.1, 0.15) is 5.82 Å². The molecule has 0 radical (unpaired) electrons. The first-order valence-corrected chi connectivity index (χ1v) is 9.85. The highest BCUT2D eigenvalue weighted by atomic mass is 32.2. The Hall–Kier alpha value is -1.44. The fraction of sp³-hybridized carbons (Fsp3) is 0.812. The van der Waals surface area contributed by atoms with Gasteiger partial charge < -0.3 is 10.6 Å². The maximum absolute atomic E-state index is 12.2. The molecule has 0 aliphatic carbocycles. The van der Waals surface area contributed by atoms with E-state index < -0.39 is 0 Å². The van der Waals surface area contributed by atoms with Crippen molar-refractivity contribution in [2.75, 3.05) is 26.4 Å². The molecule has 2 rings (SSSR count). The van der Waals surface area contributed by atoms with Crippen molar-refractivity contribution >= 4 is 17.7 Å². The monoisotopic (exact) mass is 354 g/mol. The van der Waals surface area contributed by atoms with E-state index in [1.807, 2.05) is 16.3 Å². The highest BCUT2D eigenvalue weighted by Gasteiger charge is 2.17. The van der Waals surface area contributed by atoms with Gasteiger partial charge in [0.25, 0.3) is 0 Å². The molecular weight excluding hydrogens is 324 g/mol. The summed E-state index contributed by atoms with van der Waals surface area (Å²) in [5, 5.41) is 11.1. The van der Waals surface area contributed by atoms with Gasteiger partial charge in [-0.2, -0.15) is 16.9 Å². The fourth-order valence-electron chi connectivity index (χ4n) is 2.62. The topological polar surface area (TPSA) is 76.2 Å². The van der Waals surface area contributed by atoms with Crippen LogP contribution in [0.4, 0.5) is 0 Å². The van der Waals surface area contributed by atoms with Gasteiger partial charge in [0, 0.05) is 44.4 Å². The first kappa shape index (κ1) is 18.9. The van der Waals surface area contributed by atoms with E-state index in [4.69, 9.17) is 0 Å². The molecule has 0 saturated carbocycles. The number of nitrogens with zero attached hydrogens (tertiary/aromatic N) is 4. The highest BCUT2D eigenvalue weighted by molar-refractivity contribution is 7.99. The van der Waals surface area contributed by atoms with Crippen LogP contribution in [0.1, 0.15) is 38.9 Å². The Morgan fingerprint density at radius 1 is 1.38 bits per heavy atom. The van der Waals surface area contributed by atoms with E-state index in [9.17, 15) is 4.79 Å². The normalized spacial score (nSPS) is 15.2. The zero-order valence-electron chi connectivity index (χ0n) is 15.3. The molecule has 8 heteroatoms. The van der Waals surface area contributed by atoms with E-state index in [1.165, 1.54) is 0 Å². The van der Waals surface area contributed by atoms with Crippen molar-refractivity contribution < 1.29 is 0 Å². The molecule has 0 saturated heterocycles. The Balaban J connectivity index is 1.76. The van der Waals surface area contributed by atoms with Crippen LogP contribution in [0.3, 0.4) is 0 Å². The highest BCUT2D eigenvalue weighted by Crippen LogP contribution is 2.19. The lowest BCUT2D eigenvalue weighted by Gasteiger charge is -2.23. The lowest BCUT2D eigenvalue weighted by Crippen LogP contribution is -2.43. The van der Waals surface area contributed by atoms with Crippen molar-refractivity contribution in [3.63, 3.8) is 0 Å². The average molecular weight is 355 g/mol. The van der Waals surface area contributed by atoms with Crippen LogP contribution in [0.2, 0.25) is 0 Å². The van der Waals surface area contributed by atoms with Gasteiger partial charge in [-0.3, -0.25) is 9.56 Å². The molecule has 2 heterocycles. The van der Waals surface area contributed by atoms with Crippen LogP contribution in [0, 0.1) is 0 Å². The van der Waals surface area contributed by atoms with Crippen molar-refractivity contribution in [3.8, 4) is 0 Å². The summed E-state index contributed by atoms with van der Waals surface area (Å²) in [6.45, 7) is 7.46. The fourth-order valence-corrected chi connectivity index (χ4v) is 2.84. The summed E-state index contributed by atoms with van der Waals surface area (Å²) < 4.78 is 3.59. The van der Waals surface area contributed by atoms with Gasteiger partial charge in [0.2, 0.25) is 0 Å². The summed E-state index contributed by atoms with van der Waals surface area (Å²) in [7, 11) is 1.77. The molecule has 0 fully saturated rings. The van der Waals surface area contributed by atoms with Crippen molar-refractivity contribution in [3.05, 3.63) is 16.3 Å². The number of aryl methyl sites for hydroxylation is 2. The number of hydrogen-bond donors (Lipinski definition) is 2. The van der Waals surface area contributed by atoms with Gasteiger partial charge in [0.15, 0.2) is 5.96 Å². The van der Waals surface area contributed by atoms with E-state index in [0.717, 1.165) is 57.1 Å². The number of aliphatic imine (C=N–C) groups is 1. The molecule has 0 aromatic carbocycles. The Bertz CT molecular complexity index is 619. The maximum Gasteiger partial charge on any atom is 0.345 e. The molecule has 7 nitrogen and oxygen atoms in total. The van der Waals surface area contributed by atoms with Gasteiger partial charge in [0.05, 0.1) is 0 Å². The average Bonchev–Trinajstić information content (AvgIpc) is 2.91. The Morgan fingerprint density at radius 2 is 2.17 bits per heavy atom. The first-order chi connectivity index (χ1) is 11.5. The smallest absolute Gasteiger partial charge is 0.345 e. The number of fused-ring (bicyclic) bond motifs is 1. The number of hydrogen-bond acceptors (Lipinski definition) is 4. The Labute approximate surface area is 148 Å². The predicted molar refractivity (Wildman–Crippen MR) is 101 cm³/mol. The van der Waals surface area contributed by atoms with Crippen LogP contribution < -0.4 is 16.3 Å². The second-order valence-electron chi connectivity index (χ2n) is 6.70. The largest absolute Gasteiger partial charge is 0.356 e. The molecule has 1 aliphatic rings. The van der Waals surface area contributed by atoms with E-state index in [-0.39, 0.29) is 10.4 Å². The second kappa shape index (κ2) is 8.60. The Morgan fingerprint density at radius 3 is 2.83 bits per heavy atom. The van der Waals surface area contributed by atoms with Gasteiger partial charge in [-0.1, -0.05) is 0 Å². The zero-order chi connectivity index (χ0) is 17.6. The van der Waals surface area contributed by atoms with Gasteiger partial charge in [-0.05, 0) is 39.4 Å². The molecule has 0 bridgehead atoms. The maximum atomic E-state index is 12.2. The third-order valence-corrected chi connectivity index (χ3v) is 5.58. The minimum Gasteiger partial charge on any atom is -0.356 e. The molecular formula is C16H30N6OS.